The van der Waals surface area contributed by atoms with Gasteiger partial charge in [0.2, 0.25) is 0 Å². The van der Waals surface area contributed by atoms with E-state index < -0.39 is 0 Å². The van der Waals surface area contributed by atoms with E-state index in [4.69, 9.17) is 4.74 Å². The quantitative estimate of drug-likeness (QED) is 0.881. The maximum atomic E-state index is 5.94. The smallest absolute Gasteiger partial charge is 0.122 e. The van der Waals surface area contributed by atoms with Crippen LogP contribution >= 0.6 is 0 Å². The Morgan fingerprint density at radius 1 is 1.00 bits per heavy atom. The number of nitrogens with one attached hydrogen (secondary N) is 1. The lowest BCUT2D eigenvalue weighted by Gasteiger charge is -2.12. The number of benzene rings is 2. The Morgan fingerprint density at radius 3 is 2.42 bits per heavy atom. The van der Waals surface area contributed by atoms with Crippen LogP contribution in [0, 0.1) is 13.8 Å². The molecule has 2 nitrogen and oxygen atoms in total. The van der Waals surface area contributed by atoms with Crippen molar-refractivity contribution in [3.63, 3.8) is 0 Å². The number of rotatable bonds is 5. The maximum absolute atomic E-state index is 5.94. The molecule has 0 bridgehead atoms. The van der Waals surface area contributed by atoms with Crippen molar-refractivity contribution in [3.05, 3.63) is 64.7 Å². The summed E-state index contributed by atoms with van der Waals surface area (Å²) in [6, 6.07) is 14.7. The van der Waals surface area contributed by atoms with Gasteiger partial charge in [-0.05, 0) is 43.7 Å². The molecule has 2 aromatic carbocycles. The van der Waals surface area contributed by atoms with E-state index in [1.165, 1.54) is 22.3 Å². The molecule has 0 heterocycles. The molecule has 0 aliphatic heterocycles. The molecule has 100 valence electrons. The molecule has 0 atom stereocenters. The second-order valence-corrected chi connectivity index (χ2v) is 4.86. The second kappa shape index (κ2) is 6.39. The van der Waals surface area contributed by atoms with Gasteiger partial charge in [0, 0.05) is 6.54 Å². The van der Waals surface area contributed by atoms with Gasteiger partial charge in [-0.15, -0.1) is 0 Å². The van der Waals surface area contributed by atoms with Crippen LogP contribution in [0.25, 0.3) is 0 Å². The average molecular weight is 255 g/mol. The predicted octanol–water partition coefficient (Wildman–Crippen LogP) is 3.60. The van der Waals surface area contributed by atoms with Gasteiger partial charge in [-0.1, -0.05) is 42.0 Å². The fraction of sp³-hybridized carbons (Fsp3) is 0.294. The van der Waals surface area contributed by atoms with E-state index in [-0.39, 0.29) is 0 Å². The van der Waals surface area contributed by atoms with Crippen molar-refractivity contribution in [1.82, 2.24) is 5.32 Å². The summed E-state index contributed by atoms with van der Waals surface area (Å²) in [4.78, 5) is 0. The third-order valence-electron chi connectivity index (χ3n) is 3.20. The van der Waals surface area contributed by atoms with Gasteiger partial charge in [0.1, 0.15) is 12.4 Å². The van der Waals surface area contributed by atoms with Gasteiger partial charge in [-0.25, -0.2) is 0 Å². The van der Waals surface area contributed by atoms with E-state index in [0.29, 0.717) is 6.61 Å². The molecule has 2 rings (SSSR count). The standard InChI is InChI=1S/C17H21NO/c1-13-8-9-17(14(2)10-13)19-12-16-7-5-4-6-15(16)11-18-3/h4-10,18H,11-12H2,1-3H3. The summed E-state index contributed by atoms with van der Waals surface area (Å²) in [6.07, 6.45) is 0. The third-order valence-corrected chi connectivity index (χ3v) is 3.20. The summed E-state index contributed by atoms with van der Waals surface area (Å²) in [5.74, 6) is 0.963. The van der Waals surface area contributed by atoms with Crippen LogP contribution in [-0.2, 0) is 13.2 Å². The Bertz CT molecular complexity index is 549. The summed E-state index contributed by atoms with van der Waals surface area (Å²) in [5, 5.41) is 3.19. The molecule has 0 saturated heterocycles. The molecular weight excluding hydrogens is 234 g/mol. The molecule has 0 amide bonds. The van der Waals surface area contributed by atoms with Gasteiger partial charge in [-0.3, -0.25) is 0 Å². The van der Waals surface area contributed by atoms with Gasteiger partial charge >= 0.3 is 0 Å². The normalized spacial score (nSPS) is 10.5. The molecule has 0 aromatic heterocycles. The maximum Gasteiger partial charge on any atom is 0.122 e. The topological polar surface area (TPSA) is 21.3 Å². The molecule has 0 spiro atoms. The van der Waals surface area contributed by atoms with Gasteiger partial charge in [0.25, 0.3) is 0 Å². The molecule has 0 unspecified atom stereocenters. The molecule has 0 fully saturated rings. The zero-order valence-electron chi connectivity index (χ0n) is 11.9. The monoisotopic (exact) mass is 255 g/mol. The molecule has 19 heavy (non-hydrogen) atoms. The van der Waals surface area contributed by atoms with Crippen molar-refractivity contribution in [2.24, 2.45) is 0 Å². The first-order valence-electron chi connectivity index (χ1n) is 6.62. The van der Waals surface area contributed by atoms with E-state index in [1.807, 2.05) is 13.1 Å². The van der Waals surface area contributed by atoms with E-state index in [2.05, 4.69) is 55.6 Å². The lowest BCUT2D eigenvalue weighted by atomic mass is 10.1. The highest BCUT2D eigenvalue weighted by Crippen LogP contribution is 2.20. The predicted molar refractivity (Wildman–Crippen MR) is 79.5 cm³/mol. The summed E-state index contributed by atoms with van der Waals surface area (Å²) in [7, 11) is 1.96. The van der Waals surface area contributed by atoms with Gasteiger partial charge in [-0.2, -0.15) is 0 Å². The fourth-order valence-electron chi connectivity index (χ4n) is 2.18. The average Bonchev–Trinajstić information content (AvgIpc) is 2.40. The molecule has 1 N–H and O–H groups in total. The Morgan fingerprint density at radius 2 is 1.74 bits per heavy atom. The van der Waals surface area contributed by atoms with Crippen LogP contribution in [0.15, 0.2) is 42.5 Å². The molecule has 2 heteroatoms. The highest BCUT2D eigenvalue weighted by Gasteiger charge is 2.04. The van der Waals surface area contributed by atoms with Crippen LogP contribution in [0.5, 0.6) is 5.75 Å². The summed E-state index contributed by atoms with van der Waals surface area (Å²) >= 11 is 0. The molecular formula is C17H21NO. The summed E-state index contributed by atoms with van der Waals surface area (Å²) in [5.41, 5.74) is 4.97. The van der Waals surface area contributed by atoms with Crippen molar-refractivity contribution in [3.8, 4) is 5.75 Å². The van der Waals surface area contributed by atoms with E-state index in [9.17, 15) is 0 Å². The zero-order valence-corrected chi connectivity index (χ0v) is 11.9. The number of hydrogen-bond acceptors (Lipinski definition) is 2. The minimum absolute atomic E-state index is 0.613. The molecule has 0 saturated carbocycles. The number of aryl methyl sites for hydroxylation is 2. The van der Waals surface area contributed by atoms with E-state index in [0.717, 1.165) is 12.3 Å². The van der Waals surface area contributed by atoms with Crippen LogP contribution < -0.4 is 10.1 Å². The van der Waals surface area contributed by atoms with Crippen LogP contribution in [0.4, 0.5) is 0 Å². The SMILES string of the molecule is CNCc1ccccc1COc1ccc(C)cc1C. The first-order chi connectivity index (χ1) is 9.20. The minimum Gasteiger partial charge on any atom is -0.489 e. The zero-order chi connectivity index (χ0) is 13.7. The first kappa shape index (κ1) is 13.6. The number of ether oxygens (including phenoxy) is 1. The van der Waals surface area contributed by atoms with Crippen LogP contribution in [0.3, 0.4) is 0 Å². The van der Waals surface area contributed by atoms with Crippen LogP contribution in [0.2, 0.25) is 0 Å². The Hall–Kier alpha value is -1.80. The Kier molecular flexibility index (Phi) is 4.58. The van der Waals surface area contributed by atoms with Gasteiger partial charge < -0.3 is 10.1 Å². The number of hydrogen-bond donors (Lipinski definition) is 1. The highest BCUT2D eigenvalue weighted by atomic mass is 16.5. The van der Waals surface area contributed by atoms with Crippen molar-refractivity contribution in [1.29, 1.82) is 0 Å². The van der Waals surface area contributed by atoms with Crippen molar-refractivity contribution >= 4 is 0 Å². The van der Waals surface area contributed by atoms with E-state index in [1.54, 1.807) is 0 Å². The largest absolute Gasteiger partial charge is 0.489 e. The molecule has 0 aliphatic rings. The summed E-state index contributed by atoms with van der Waals surface area (Å²) < 4.78 is 5.94. The van der Waals surface area contributed by atoms with Crippen LogP contribution in [0.1, 0.15) is 22.3 Å². The third kappa shape index (κ3) is 3.58. The first-order valence-corrected chi connectivity index (χ1v) is 6.62. The minimum atomic E-state index is 0.613. The van der Waals surface area contributed by atoms with Gasteiger partial charge in [0.05, 0.1) is 0 Å². The lowest BCUT2D eigenvalue weighted by molar-refractivity contribution is 0.302. The Labute approximate surface area is 115 Å². The lowest BCUT2D eigenvalue weighted by Crippen LogP contribution is -2.09. The molecule has 0 radical (unpaired) electrons. The van der Waals surface area contributed by atoms with Crippen LogP contribution in [-0.4, -0.2) is 7.05 Å². The highest BCUT2D eigenvalue weighted by molar-refractivity contribution is 5.36. The van der Waals surface area contributed by atoms with Crippen molar-refractivity contribution in [2.45, 2.75) is 27.0 Å². The van der Waals surface area contributed by atoms with Gasteiger partial charge in [0.15, 0.2) is 0 Å². The van der Waals surface area contributed by atoms with E-state index >= 15 is 0 Å². The molecule has 0 aliphatic carbocycles. The summed E-state index contributed by atoms with van der Waals surface area (Å²) in [6.45, 7) is 5.66. The second-order valence-electron chi connectivity index (χ2n) is 4.86. The fourth-order valence-corrected chi connectivity index (χ4v) is 2.18. The molecule has 2 aromatic rings. The van der Waals surface area contributed by atoms with Crippen molar-refractivity contribution in [2.75, 3.05) is 7.05 Å². The van der Waals surface area contributed by atoms with Crippen molar-refractivity contribution < 1.29 is 4.74 Å². The Balaban J connectivity index is 2.10.